The second-order valence-corrected chi connectivity index (χ2v) is 7.46. The molecule has 2 amide bonds. The normalized spacial score (nSPS) is 15.7. The van der Waals surface area contributed by atoms with Crippen molar-refractivity contribution in [2.45, 2.75) is 47.5 Å². The zero-order chi connectivity index (χ0) is 19.5. The van der Waals surface area contributed by atoms with Gasteiger partial charge in [-0.25, -0.2) is 4.79 Å². The molecule has 0 spiro atoms. The maximum Gasteiger partial charge on any atom is 0.376 e. The van der Waals surface area contributed by atoms with Crippen LogP contribution in [-0.2, 0) is 14.3 Å². The number of rotatable bonds is 4. The molecule has 2 heterocycles. The molecule has 1 aromatic heterocycles. The van der Waals surface area contributed by atoms with E-state index in [2.05, 4.69) is 10.3 Å². The summed E-state index contributed by atoms with van der Waals surface area (Å²) in [5.41, 5.74) is -0.0573. The van der Waals surface area contributed by atoms with Crippen molar-refractivity contribution >= 4 is 23.8 Å². The number of carbonyl (C=O) groups excluding carboxylic acids is 3. The molecule has 0 saturated carbocycles. The van der Waals surface area contributed by atoms with Gasteiger partial charge in [0, 0.05) is 24.4 Å². The molecule has 0 aromatic carbocycles. The van der Waals surface area contributed by atoms with Crippen molar-refractivity contribution in [2.75, 3.05) is 25.0 Å². The van der Waals surface area contributed by atoms with Gasteiger partial charge in [-0.3, -0.25) is 14.9 Å². The molecule has 1 aromatic rings. The topological polar surface area (TPSA) is 102 Å². The van der Waals surface area contributed by atoms with Gasteiger partial charge < -0.3 is 14.1 Å². The third kappa shape index (κ3) is 4.62. The van der Waals surface area contributed by atoms with Gasteiger partial charge in [0.05, 0.1) is 12.3 Å². The first-order valence-electron chi connectivity index (χ1n) is 8.88. The standard InChI is InChI=1S/C18H27N3O5/c1-6-25-15(23)13-11(2)19-17(26-13)20-14(22)12-7-9-21(10-8-12)16(24)18(3,4)5/h12H,6-10H2,1-5H3,(H,19,20,22). The van der Waals surface area contributed by atoms with Crippen molar-refractivity contribution in [3.05, 3.63) is 11.5 Å². The van der Waals surface area contributed by atoms with E-state index in [-0.39, 0.29) is 36.1 Å². The lowest BCUT2D eigenvalue weighted by Crippen LogP contribution is -2.45. The van der Waals surface area contributed by atoms with Crippen molar-refractivity contribution < 1.29 is 23.5 Å². The first-order chi connectivity index (χ1) is 12.1. The Hall–Kier alpha value is -2.38. The third-order valence-electron chi connectivity index (χ3n) is 4.28. The Morgan fingerprint density at radius 3 is 2.42 bits per heavy atom. The zero-order valence-corrected chi connectivity index (χ0v) is 16.0. The summed E-state index contributed by atoms with van der Waals surface area (Å²) in [5.74, 6) is -0.958. The minimum absolute atomic E-state index is 0.00672. The van der Waals surface area contributed by atoms with Gasteiger partial charge >= 0.3 is 12.0 Å². The predicted octanol–water partition coefficient (Wildman–Crippen LogP) is 2.38. The van der Waals surface area contributed by atoms with Gasteiger partial charge in [-0.1, -0.05) is 20.8 Å². The number of carbonyl (C=O) groups is 3. The highest BCUT2D eigenvalue weighted by molar-refractivity contribution is 5.92. The number of ether oxygens (including phenoxy) is 1. The average molecular weight is 365 g/mol. The SMILES string of the molecule is CCOC(=O)c1oc(NC(=O)C2CCN(C(=O)C(C)(C)C)CC2)nc1C. The lowest BCUT2D eigenvalue weighted by atomic mass is 9.91. The van der Waals surface area contributed by atoms with Crippen LogP contribution < -0.4 is 5.32 Å². The number of hydrogen-bond donors (Lipinski definition) is 1. The molecule has 8 nitrogen and oxygen atoms in total. The number of nitrogens with zero attached hydrogens (tertiary/aromatic N) is 2. The fourth-order valence-corrected chi connectivity index (χ4v) is 2.86. The number of aryl methyl sites for hydroxylation is 1. The monoisotopic (exact) mass is 365 g/mol. The van der Waals surface area contributed by atoms with E-state index in [0.29, 0.717) is 31.6 Å². The number of aromatic nitrogens is 1. The predicted molar refractivity (Wildman–Crippen MR) is 94.6 cm³/mol. The van der Waals surface area contributed by atoms with Crippen LogP contribution in [0, 0.1) is 18.3 Å². The number of piperidine rings is 1. The minimum Gasteiger partial charge on any atom is -0.460 e. The number of nitrogens with one attached hydrogen (secondary N) is 1. The number of amides is 2. The van der Waals surface area contributed by atoms with Gasteiger partial charge in [0.1, 0.15) is 0 Å². The number of likely N-dealkylation sites (tertiary alicyclic amines) is 1. The molecule has 0 aliphatic carbocycles. The number of oxazole rings is 1. The average Bonchev–Trinajstić information content (AvgIpc) is 2.94. The summed E-state index contributed by atoms with van der Waals surface area (Å²) in [5, 5.41) is 2.62. The highest BCUT2D eigenvalue weighted by Crippen LogP contribution is 2.25. The summed E-state index contributed by atoms with van der Waals surface area (Å²) < 4.78 is 10.2. The Balaban J connectivity index is 1.93. The molecule has 1 N–H and O–H groups in total. The van der Waals surface area contributed by atoms with E-state index in [4.69, 9.17) is 9.15 Å². The van der Waals surface area contributed by atoms with Crippen LogP contribution in [0.3, 0.4) is 0 Å². The summed E-state index contributed by atoms with van der Waals surface area (Å²) >= 11 is 0. The van der Waals surface area contributed by atoms with Crippen LogP contribution in [0.15, 0.2) is 4.42 Å². The lowest BCUT2D eigenvalue weighted by molar-refractivity contribution is -0.142. The van der Waals surface area contributed by atoms with Gasteiger partial charge in [-0.05, 0) is 26.7 Å². The van der Waals surface area contributed by atoms with Crippen molar-refractivity contribution in [2.24, 2.45) is 11.3 Å². The number of esters is 1. The van der Waals surface area contributed by atoms with Crippen molar-refractivity contribution in [1.82, 2.24) is 9.88 Å². The highest BCUT2D eigenvalue weighted by Gasteiger charge is 2.33. The van der Waals surface area contributed by atoms with Crippen LogP contribution in [0.25, 0.3) is 0 Å². The summed E-state index contributed by atoms with van der Waals surface area (Å²) in [7, 11) is 0. The van der Waals surface area contributed by atoms with Gasteiger partial charge in [0.2, 0.25) is 17.6 Å². The van der Waals surface area contributed by atoms with Crippen molar-refractivity contribution in [3.63, 3.8) is 0 Å². The second-order valence-electron chi connectivity index (χ2n) is 7.46. The molecule has 8 heteroatoms. The molecular formula is C18H27N3O5. The molecule has 0 bridgehead atoms. The molecule has 0 radical (unpaired) electrons. The molecule has 0 unspecified atom stereocenters. The Kier molecular flexibility index (Phi) is 6.05. The van der Waals surface area contributed by atoms with E-state index < -0.39 is 11.4 Å². The summed E-state index contributed by atoms with van der Waals surface area (Å²) in [6.45, 7) is 10.3. The first kappa shape index (κ1) is 19.9. The Morgan fingerprint density at radius 1 is 1.27 bits per heavy atom. The molecular weight excluding hydrogens is 338 g/mol. The molecule has 1 aliphatic heterocycles. The van der Waals surface area contributed by atoms with E-state index in [1.54, 1.807) is 18.7 Å². The van der Waals surface area contributed by atoms with E-state index in [1.807, 2.05) is 20.8 Å². The quantitative estimate of drug-likeness (QED) is 0.822. The number of anilines is 1. The Labute approximate surface area is 153 Å². The van der Waals surface area contributed by atoms with Gasteiger partial charge in [0.15, 0.2) is 0 Å². The molecule has 1 aliphatic rings. The van der Waals surface area contributed by atoms with E-state index >= 15 is 0 Å². The maximum atomic E-state index is 12.4. The largest absolute Gasteiger partial charge is 0.460 e. The summed E-state index contributed by atoms with van der Waals surface area (Å²) in [6, 6.07) is -0.0104. The summed E-state index contributed by atoms with van der Waals surface area (Å²) in [4.78, 5) is 42.3. The highest BCUT2D eigenvalue weighted by atomic mass is 16.5. The van der Waals surface area contributed by atoms with Crippen LogP contribution >= 0.6 is 0 Å². The Morgan fingerprint density at radius 2 is 1.88 bits per heavy atom. The van der Waals surface area contributed by atoms with Gasteiger partial charge in [-0.2, -0.15) is 4.98 Å². The second kappa shape index (κ2) is 7.88. The van der Waals surface area contributed by atoms with Gasteiger partial charge in [0.25, 0.3) is 0 Å². The summed E-state index contributed by atoms with van der Waals surface area (Å²) in [6.07, 6.45) is 1.16. The third-order valence-corrected chi connectivity index (χ3v) is 4.28. The van der Waals surface area contributed by atoms with Crippen LogP contribution in [0.1, 0.15) is 56.8 Å². The van der Waals surface area contributed by atoms with E-state index in [9.17, 15) is 14.4 Å². The Bertz CT molecular complexity index is 681. The first-order valence-corrected chi connectivity index (χ1v) is 8.88. The molecule has 0 atom stereocenters. The molecule has 2 rings (SSSR count). The molecule has 1 fully saturated rings. The van der Waals surface area contributed by atoms with E-state index in [1.165, 1.54) is 0 Å². The van der Waals surface area contributed by atoms with Crippen LogP contribution in [0.5, 0.6) is 0 Å². The van der Waals surface area contributed by atoms with Crippen LogP contribution in [0.2, 0.25) is 0 Å². The fraction of sp³-hybridized carbons (Fsp3) is 0.667. The van der Waals surface area contributed by atoms with Gasteiger partial charge in [-0.15, -0.1) is 0 Å². The smallest absolute Gasteiger partial charge is 0.376 e. The number of hydrogen-bond acceptors (Lipinski definition) is 6. The van der Waals surface area contributed by atoms with Crippen LogP contribution in [0.4, 0.5) is 6.01 Å². The molecule has 144 valence electrons. The zero-order valence-electron chi connectivity index (χ0n) is 16.0. The minimum atomic E-state index is -0.605. The van der Waals surface area contributed by atoms with Crippen molar-refractivity contribution in [3.8, 4) is 0 Å². The van der Waals surface area contributed by atoms with E-state index in [0.717, 1.165) is 0 Å². The molecule has 26 heavy (non-hydrogen) atoms. The van der Waals surface area contributed by atoms with Crippen molar-refractivity contribution in [1.29, 1.82) is 0 Å². The fourth-order valence-electron chi connectivity index (χ4n) is 2.86. The molecule has 1 saturated heterocycles. The van der Waals surface area contributed by atoms with Crippen LogP contribution in [-0.4, -0.2) is 47.4 Å². The maximum absolute atomic E-state index is 12.4. The lowest BCUT2D eigenvalue weighted by Gasteiger charge is -2.35.